The largest absolute Gasteiger partial charge is 0.382 e. The number of ether oxygens (including phenoxy) is 1. The molecule has 0 aromatic heterocycles. The molecule has 0 spiro atoms. The number of rotatable bonds is 3. The van der Waals surface area contributed by atoms with E-state index in [9.17, 15) is 8.42 Å². The Balaban J connectivity index is 2.22. The van der Waals surface area contributed by atoms with Gasteiger partial charge >= 0.3 is 0 Å². The summed E-state index contributed by atoms with van der Waals surface area (Å²) < 4.78 is 28.8. The molecule has 5 nitrogen and oxygen atoms in total. The van der Waals surface area contributed by atoms with Crippen molar-refractivity contribution >= 4 is 15.7 Å². The van der Waals surface area contributed by atoms with Gasteiger partial charge < -0.3 is 10.1 Å². The van der Waals surface area contributed by atoms with E-state index in [-0.39, 0.29) is 23.1 Å². The van der Waals surface area contributed by atoms with Gasteiger partial charge in [0, 0.05) is 11.7 Å². The Morgan fingerprint density at radius 2 is 1.85 bits per heavy atom. The number of sulfonamides is 1. The van der Waals surface area contributed by atoms with Crippen LogP contribution in [0.3, 0.4) is 0 Å². The van der Waals surface area contributed by atoms with Crippen LogP contribution in [0.4, 0.5) is 5.69 Å². The van der Waals surface area contributed by atoms with Crippen LogP contribution >= 0.6 is 0 Å². The van der Waals surface area contributed by atoms with Crippen LogP contribution in [-0.4, -0.2) is 26.7 Å². The second-order valence-electron chi connectivity index (χ2n) is 5.54. The van der Waals surface area contributed by atoms with Crippen LogP contribution < -0.4 is 10.5 Å². The molecule has 0 bridgehead atoms. The van der Waals surface area contributed by atoms with Crippen LogP contribution in [0, 0.1) is 6.92 Å². The van der Waals surface area contributed by atoms with Gasteiger partial charge in [-0.2, -0.15) is 0 Å². The molecule has 1 aliphatic heterocycles. The summed E-state index contributed by atoms with van der Waals surface area (Å²) >= 11 is 0. The quantitative estimate of drug-likeness (QED) is 0.894. The molecule has 0 aliphatic carbocycles. The molecule has 2 unspecified atom stereocenters. The summed E-state index contributed by atoms with van der Waals surface area (Å²) in [5.41, 5.74) is 1.49. The first-order valence-corrected chi connectivity index (χ1v) is 8.36. The Bertz CT molecular complexity index is 576. The summed E-state index contributed by atoms with van der Waals surface area (Å²) in [6, 6.07) is 5.41. The van der Waals surface area contributed by atoms with Crippen molar-refractivity contribution in [3.05, 3.63) is 23.8 Å². The monoisotopic (exact) mass is 298 g/mol. The molecule has 6 heteroatoms. The average Bonchev–Trinajstić information content (AvgIpc) is 2.29. The van der Waals surface area contributed by atoms with Crippen LogP contribution in [0.25, 0.3) is 0 Å². The Labute approximate surface area is 120 Å². The maximum atomic E-state index is 11.5. The Morgan fingerprint density at radius 1 is 1.25 bits per heavy atom. The second kappa shape index (κ2) is 5.71. The predicted octanol–water partition coefficient (Wildman–Crippen LogP) is 2.01. The summed E-state index contributed by atoms with van der Waals surface area (Å²) in [7, 11) is -3.68. The third-order valence-electron chi connectivity index (χ3n) is 3.65. The number of primary sulfonamides is 1. The third-order valence-corrected chi connectivity index (χ3v) is 4.70. The number of hydrogen-bond acceptors (Lipinski definition) is 4. The Hall–Kier alpha value is -1.11. The topological polar surface area (TPSA) is 81.4 Å². The highest BCUT2D eigenvalue weighted by molar-refractivity contribution is 7.89. The molecule has 1 aromatic carbocycles. The third kappa shape index (κ3) is 3.50. The fourth-order valence-electron chi connectivity index (χ4n) is 2.82. The normalized spacial score (nSPS) is 27.3. The van der Waals surface area contributed by atoms with Crippen LogP contribution in [0.5, 0.6) is 0 Å². The number of anilines is 1. The fourth-order valence-corrected chi connectivity index (χ4v) is 3.63. The summed E-state index contributed by atoms with van der Waals surface area (Å²) in [4.78, 5) is 0.177. The molecule has 2 rings (SSSR count). The van der Waals surface area contributed by atoms with Crippen LogP contribution in [0.1, 0.15) is 32.3 Å². The maximum absolute atomic E-state index is 11.5. The zero-order valence-corrected chi connectivity index (χ0v) is 12.9. The van der Waals surface area contributed by atoms with Gasteiger partial charge in [0.1, 0.15) is 0 Å². The van der Waals surface area contributed by atoms with Crippen molar-refractivity contribution in [3.8, 4) is 0 Å². The van der Waals surface area contributed by atoms with Gasteiger partial charge in [-0.25, -0.2) is 13.6 Å². The summed E-state index contributed by atoms with van der Waals surface area (Å²) in [6.07, 6.45) is 2.23. The molecular formula is C14H22N2O3S. The van der Waals surface area contributed by atoms with Crippen molar-refractivity contribution in [2.45, 2.75) is 56.8 Å². The first-order valence-electron chi connectivity index (χ1n) is 6.81. The number of hydrogen-bond donors (Lipinski definition) is 2. The molecule has 2 atom stereocenters. The SMILES string of the molecule is Cc1c(NC2CC(C)OC(C)C2)cccc1S(N)(=O)=O. The molecule has 1 aliphatic rings. The Kier molecular flexibility index (Phi) is 4.36. The lowest BCUT2D eigenvalue weighted by Crippen LogP contribution is -2.37. The van der Waals surface area contributed by atoms with Crippen molar-refractivity contribution in [2.75, 3.05) is 5.32 Å². The van der Waals surface area contributed by atoms with Crippen molar-refractivity contribution in [2.24, 2.45) is 5.14 Å². The lowest BCUT2D eigenvalue weighted by molar-refractivity contribution is -0.0337. The van der Waals surface area contributed by atoms with Crippen molar-refractivity contribution in [1.29, 1.82) is 0 Å². The Morgan fingerprint density at radius 3 is 2.40 bits per heavy atom. The molecule has 0 amide bonds. The fraction of sp³-hybridized carbons (Fsp3) is 0.571. The smallest absolute Gasteiger partial charge is 0.238 e. The molecule has 0 saturated carbocycles. The van der Waals surface area contributed by atoms with E-state index in [4.69, 9.17) is 9.88 Å². The van der Waals surface area contributed by atoms with Crippen molar-refractivity contribution in [1.82, 2.24) is 0 Å². The first-order chi connectivity index (χ1) is 9.27. The van der Waals surface area contributed by atoms with Crippen molar-refractivity contribution in [3.63, 3.8) is 0 Å². The lowest BCUT2D eigenvalue weighted by Gasteiger charge is -2.33. The summed E-state index contributed by atoms with van der Waals surface area (Å²) in [5.74, 6) is 0. The van der Waals surface area contributed by atoms with Gasteiger partial charge in [0.15, 0.2) is 0 Å². The molecular weight excluding hydrogens is 276 g/mol. The lowest BCUT2D eigenvalue weighted by atomic mass is 9.99. The molecule has 1 saturated heterocycles. The van der Waals surface area contributed by atoms with E-state index in [0.29, 0.717) is 5.56 Å². The number of benzene rings is 1. The minimum Gasteiger partial charge on any atom is -0.382 e. The molecule has 1 aromatic rings. The summed E-state index contributed by atoms with van der Waals surface area (Å²) in [5, 5.41) is 8.65. The zero-order chi connectivity index (χ0) is 14.9. The minimum atomic E-state index is -3.68. The van der Waals surface area contributed by atoms with Crippen LogP contribution in [-0.2, 0) is 14.8 Å². The van der Waals surface area contributed by atoms with Gasteiger partial charge in [0.2, 0.25) is 10.0 Å². The average molecular weight is 298 g/mol. The molecule has 20 heavy (non-hydrogen) atoms. The van der Waals surface area contributed by atoms with E-state index in [1.807, 2.05) is 6.07 Å². The van der Waals surface area contributed by atoms with Gasteiger partial charge in [0.05, 0.1) is 17.1 Å². The molecule has 3 N–H and O–H groups in total. The van der Waals surface area contributed by atoms with Gasteiger partial charge in [0.25, 0.3) is 0 Å². The van der Waals surface area contributed by atoms with E-state index in [2.05, 4.69) is 19.2 Å². The molecule has 1 fully saturated rings. The number of nitrogens with two attached hydrogens (primary N) is 1. The van der Waals surface area contributed by atoms with Gasteiger partial charge in [-0.1, -0.05) is 6.07 Å². The zero-order valence-electron chi connectivity index (χ0n) is 12.1. The molecule has 1 heterocycles. The second-order valence-corrected chi connectivity index (χ2v) is 7.07. The molecule has 0 radical (unpaired) electrons. The van der Waals surface area contributed by atoms with E-state index in [1.165, 1.54) is 6.07 Å². The predicted molar refractivity (Wildman–Crippen MR) is 79.2 cm³/mol. The van der Waals surface area contributed by atoms with E-state index in [0.717, 1.165) is 18.5 Å². The highest BCUT2D eigenvalue weighted by Gasteiger charge is 2.25. The summed E-state index contributed by atoms with van der Waals surface area (Å²) in [6.45, 7) is 5.88. The van der Waals surface area contributed by atoms with E-state index in [1.54, 1.807) is 13.0 Å². The first kappa shape index (κ1) is 15.3. The highest BCUT2D eigenvalue weighted by Crippen LogP contribution is 2.27. The maximum Gasteiger partial charge on any atom is 0.238 e. The van der Waals surface area contributed by atoms with Crippen LogP contribution in [0.2, 0.25) is 0 Å². The van der Waals surface area contributed by atoms with Gasteiger partial charge in [-0.3, -0.25) is 0 Å². The molecule has 112 valence electrons. The van der Waals surface area contributed by atoms with Crippen LogP contribution in [0.15, 0.2) is 23.1 Å². The van der Waals surface area contributed by atoms with Crippen molar-refractivity contribution < 1.29 is 13.2 Å². The highest BCUT2D eigenvalue weighted by atomic mass is 32.2. The van der Waals surface area contributed by atoms with E-state index < -0.39 is 10.0 Å². The standard InChI is InChI=1S/C14H22N2O3S/c1-9-7-12(8-10(2)19-9)16-13-5-4-6-14(11(13)3)20(15,17)18/h4-6,9-10,12,16H,7-8H2,1-3H3,(H2,15,17,18). The number of nitrogens with one attached hydrogen (secondary N) is 1. The van der Waals surface area contributed by atoms with Gasteiger partial charge in [-0.15, -0.1) is 0 Å². The van der Waals surface area contributed by atoms with E-state index >= 15 is 0 Å². The van der Waals surface area contributed by atoms with Gasteiger partial charge in [-0.05, 0) is 51.3 Å². The minimum absolute atomic E-state index is 0.177.